The Labute approximate surface area is 78.9 Å². The first-order valence-electron chi connectivity index (χ1n) is 4.62. The van der Waals surface area contributed by atoms with Crippen molar-refractivity contribution in [2.24, 2.45) is 5.41 Å². The van der Waals surface area contributed by atoms with Crippen molar-refractivity contribution in [1.82, 2.24) is 10.4 Å². The van der Waals surface area contributed by atoms with Gasteiger partial charge in [0.15, 0.2) is 0 Å². The van der Waals surface area contributed by atoms with Crippen LogP contribution in [0.25, 0.3) is 0 Å². The van der Waals surface area contributed by atoms with E-state index < -0.39 is 0 Å². The average Bonchev–Trinajstić information content (AvgIpc) is 2.30. The minimum atomic E-state index is -0.229. The quantitative estimate of drug-likeness (QED) is 0.658. The van der Waals surface area contributed by atoms with E-state index in [2.05, 4.69) is 5.43 Å². The van der Waals surface area contributed by atoms with Gasteiger partial charge in [0.05, 0.1) is 0 Å². The van der Waals surface area contributed by atoms with Crippen LogP contribution < -0.4 is 5.43 Å². The van der Waals surface area contributed by atoms with Gasteiger partial charge in [0.1, 0.15) is 0 Å². The SMILES string of the molecule is CC1CC(=O)N(CC(C)(C)CO)N1. The van der Waals surface area contributed by atoms with Crippen molar-refractivity contribution in [3.05, 3.63) is 0 Å². The summed E-state index contributed by atoms with van der Waals surface area (Å²) in [4.78, 5) is 11.4. The van der Waals surface area contributed by atoms with E-state index in [0.29, 0.717) is 13.0 Å². The molecule has 0 aromatic heterocycles. The van der Waals surface area contributed by atoms with E-state index in [1.54, 1.807) is 5.01 Å². The summed E-state index contributed by atoms with van der Waals surface area (Å²) in [5.74, 6) is 0.119. The van der Waals surface area contributed by atoms with Crippen LogP contribution in [-0.2, 0) is 4.79 Å². The van der Waals surface area contributed by atoms with Crippen molar-refractivity contribution in [2.75, 3.05) is 13.2 Å². The molecule has 0 radical (unpaired) electrons. The summed E-state index contributed by atoms with van der Waals surface area (Å²) in [6, 6.07) is 0.224. The molecule has 1 aliphatic rings. The maximum absolute atomic E-state index is 11.4. The molecule has 76 valence electrons. The highest BCUT2D eigenvalue weighted by molar-refractivity contribution is 5.78. The molecule has 1 aliphatic heterocycles. The predicted molar refractivity (Wildman–Crippen MR) is 49.8 cm³/mol. The Morgan fingerprint density at radius 3 is 2.69 bits per heavy atom. The Morgan fingerprint density at radius 1 is 1.69 bits per heavy atom. The first kappa shape index (κ1) is 10.5. The molecule has 4 nitrogen and oxygen atoms in total. The summed E-state index contributed by atoms with van der Waals surface area (Å²) in [6.45, 7) is 6.50. The van der Waals surface area contributed by atoms with Crippen LogP contribution >= 0.6 is 0 Å². The molecule has 1 heterocycles. The summed E-state index contributed by atoms with van der Waals surface area (Å²) in [7, 11) is 0. The lowest BCUT2D eigenvalue weighted by atomic mass is 9.95. The maximum Gasteiger partial charge on any atom is 0.238 e. The molecule has 0 spiro atoms. The number of hydrogen-bond donors (Lipinski definition) is 2. The zero-order valence-electron chi connectivity index (χ0n) is 8.50. The summed E-state index contributed by atoms with van der Waals surface area (Å²) in [6.07, 6.45) is 0.557. The van der Waals surface area contributed by atoms with Crippen LogP contribution in [0.15, 0.2) is 0 Å². The van der Waals surface area contributed by atoms with Crippen molar-refractivity contribution in [1.29, 1.82) is 0 Å². The van der Waals surface area contributed by atoms with Crippen molar-refractivity contribution < 1.29 is 9.90 Å². The molecule has 0 aliphatic carbocycles. The Kier molecular flexibility index (Phi) is 2.93. The van der Waals surface area contributed by atoms with Crippen LogP contribution in [0.3, 0.4) is 0 Å². The molecule has 4 heteroatoms. The minimum Gasteiger partial charge on any atom is -0.396 e. The largest absolute Gasteiger partial charge is 0.396 e. The van der Waals surface area contributed by atoms with Gasteiger partial charge in [-0.1, -0.05) is 13.8 Å². The topological polar surface area (TPSA) is 52.6 Å². The maximum atomic E-state index is 11.4. The summed E-state index contributed by atoms with van der Waals surface area (Å²) < 4.78 is 0. The summed E-state index contributed by atoms with van der Waals surface area (Å²) in [5.41, 5.74) is 2.84. The number of rotatable bonds is 3. The molecule has 1 atom stereocenters. The molecule has 2 N–H and O–H groups in total. The zero-order chi connectivity index (χ0) is 10.1. The predicted octanol–water partition coefficient (Wildman–Crippen LogP) is 0.130. The molecule has 1 fully saturated rings. The molecular weight excluding hydrogens is 168 g/mol. The molecule has 1 saturated heterocycles. The Morgan fingerprint density at radius 2 is 2.31 bits per heavy atom. The first-order chi connectivity index (χ1) is 5.94. The van der Waals surface area contributed by atoms with Crippen LogP contribution in [0.1, 0.15) is 27.2 Å². The highest BCUT2D eigenvalue weighted by atomic mass is 16.3. The fraction of sp³-hybridized carbons (Fsp3) is 0.889. The van der Waals surface area contributed by atoms with E-state index in [9.17, 15) is 4.79 Å². The highest BCUT2D eigenvalue weighted by Gasteiger charge is 2.30. The van der Waals surface area contributed by atoms with Crippen LogP contribution in [0.4, 0.5) is 0 Å². The third kappa shape index (κ3) is 2.67. The molecule has 13 heavy (non-hydrogen) atoms. The van der Waals surface area contributed by atoms with E-state index in [1.807, 2.05) is 20.8 Å². The molecule has 0 aromatic carbocycles. The minimum absolute atomic E-state index is 0.0901. The fourth-order valence-electron chi connectivity index (χ4n) is 1.37. The lowest BCUT2D eigenvalue weighted by Gasteiger charge is -2.28. The second kappa shape index (κ2) is 3.64. The zero-order valence-corrected chi connectivity index (χ0v) is 8.50. The van der Waals surface area contributed by atoms with Crippen LogP contribution in [0.2, 0.25) is 0 Å². The van der Waals surface area contributed by atoms with Gasteiger partial charge in [-0.25, -0.2) is 5.43 Å². The van der Waals surface area contributed by atoms with Gasteiger partial charge < -0.3 is 5.11 Å². The standard InChI is InChI=1S/C9H18N2O2/c1-7-4-8(13)11(10-7)5-9(2,3)6-12/h7,10,12H,4-6H2,1-3H3. The fourth-order valence-corrected chi connectivity index (χ4v) is 1.37. The number of hydrogen-bond acceptors (Lipinski definition) is 3. The third-order valence-electron chi connectivity index (χ3n) is 2.17. The van der Waals surface area contributed by atoms with Gasteiger partial charge in [-0.05, 0) is 6.92 Å². The van der Waals surface area contributed by atoms with Crippen LogP contribution in [0.5, 0.6) is 0 Å². The van der Waals surface area contributed by atoms with Gasteiger partial charge in [-0.2, -0.15) is 0 Å². The second-order valence-electron chi connectivity index (χ2n) is 4.54. The summed E-state index contributed by atoms with van der Waals surface area (Å²) in [5, 5.41) is 10.7. The van der Waals surface area contributed by atoms with Gasteiger partial charge in [-0.3, -0.25) is 9.80 Å². The monoisotopic (exact) mass is 186 g/mol. The van der Waals surface area contributed by atoms with Crippen LogP contribution in [0, 0.1) is 5.41 Å². The average molecular weight is 186 g/mol. The number of amides is 1. The number of carbonyl (C=O) groups excluding carboxylic acids is 1. The highest BCUT2D eigenvalue weighted by Crippen LogP contribution is 2.18. The lowest BCUT2D eigenvalue weighted by Crippen LogP contribution is -2.44. The molecular formula is C9H18N2O2. The molecule has 0 saturated carbocycles. The third-order valence-corrected chi connectivity index (χ3v) is 2.17. The van der Waals surface area contributed by atoms with E-state index in [1.165, 1.54) is 0 Å². The molecule has 0 bridgehead atoms. The molecule has 0 aromatic rings. The number of aliphatic hydroxyl groups is 1. The van der Waals surface area contributed by atoms with Crippen molar-refractivity contribution >= 4 is 5.91 Å². The van der Waals surface area contributed by atoms with Crippen molar-refractivity contribution in [2.45, 2.75) is 33.2 Å². The number of hydrazine groups is 1. The number of carbonyl (C=O) groups is 1. The van der Waals surface area contributed by atoms with E-state index >= 15 is 0 Å². The van der Waals surface area contributed by atoms with Crippen molar-refractivity contribution in [3.8, 4) is 0 Å². The number of nitrogens with one attached hydrogen (secondary N) is 1. The molecule has 1 rings (SSSR count). The van der Waals surface area contributed by atoms with E-state index in [-0.39, 0.29) is 24.0 Å². The van der Waals surface area contributed by atoms with E-state index in [0.717, 1.165) is 0 Å². The van der Waals surface area contributed by atoms with E-state index in [4.69, 9.17) is 5.11 Å². The Bertz CT molecular complexity index is 204. The van der Waals surface area contributed by atoms with Gasteiger partial charge in [-0.15, -0.1) is 0 Å². The van der Waals surface area contributed by atoms with Gasteiger partial charge in [0.2, 0.25) is 5.91 Å². The Balaban J connectivity index is 2.50. The lowest BCUT2D eigenvalue weighted by molar-refractivity contribution is -0.131. The Hall–Kier alpha value is -0.610. The van der Waals surface area contributed by atoms with Crippen LogP contribution in [-0.4, -0.2) is 35.2 Å². The number of aliphatic hydroxyl groups excluding tert-OH is 1. The van der Waals surface area contributed by atoms with Gasteiger partial charge >= 0.3 is 0 Å². The summed E-state index contributed by atoms with van der Waals surface area (Å²) >= 11 is 0. The van der Waals surface area contributed by atoms with Crippen molar-refractivity contribution in [3.63, 3.8) is 0 Å². The number of nitrogens with zero attached hydrogens (tertiary/aromatic N) is 1. The molecule has 1 amide bonds. The van der Waals surface area contributed by atoms with Gasteiger partial charge in [0, 0.05) is 31.0 Å². The van der Waals surface area contributed by atoms with Gasteiger partial charge in [0.25, 0.3) is 0 Å². The smallest absolute Gasteiger partial charge is 0.238 e. The first-order valence-corrected chi connectivity index (χ1v) is 4.62. The normalized spacial score (nSPS) is 24.2. The second-order valence-corrected chi connectivity index (χ2v) is 4.54. The molecule has 1 unspecified atom stereocenters.